The summed E-state index contributed by atoms with van der Waals surface area (Å²) in [6.45, 7) is 5.52. The van der Waals surface area contributed by atoms with Crippen LogP contribution in [-0.2, 0) is 0 Å². The SMILES string of the molecule is Cc1ccc(C)c(-n2nc(-c3ccccc3F)cc2C(=O)N2CCCCC2)c1. The molecule has 28 heavy (non-hydrogen) atoms. The number of likely N-dealkylation sites (tertiary alicyclic amines) is 1. The van der Waals surface area contributed by atoms with Crippen LogP contribution in [0.2, 0.25) is 0 Å². The van der Waals surface area contributed by atoms with Crippen LogP contribution in [0.5, 0.6) is 0 Å². The van der Waals surface area contributed by atoms with Gasteiger partial charge in [-0.3, -0.25) is 4.79 Å². The highest BCUT2D eigenvalue weighted by Crippen LogP contribution is 2.27. The van der Waals surface area contributed by atoms with Gasteiger partial charge in [-0.1, -0.05) is 24.3 Å². The van der Waals surface area contributed by atoms with Crippen molar-refractivity contribution in [2.24, 2.45) is 0 Å². The molecule has 0 N–H and O–H groups in total. The second-order valence-corrected chi connectivity index (χ2v) is 7.45. The summed E-state index contributed by atoms with van der Waals surface area (Å²) < 4.78 is 16.1. The Kier molecular flexibility index (Phi) is 4.99. The number of carbonyl (C=O) groups excluding carboxylic acids is 1. The monoisotopic (exact) mass is 377 g/mol. The Hall–Kier alpha value is -2.95. The number of amides is 1. The maximum absolute atomic E-state index is 14.4. The van der Waals surface area contributed by atoms with Gasteiger partial charge in [-0.05, 0) is 68.5 Å². The van der Waals surface area contributed by atoms with Gasteiger partial charge in [-0.15, -0.1) is 0 Å². The number of benzene rings is 2. The second kappa shape index (κ2) is 7.58. The summed E-state index contributed by atoms with van der Waals surface area (Å²) in [5.41, 5.74) is 4.30. The summed E-state index contributed by atoms with van der Waals surface area (Å²) in [5.74, 6) is -0.388. The molecule has 0 radical (unpaired) electrons. The minimum atomic E-state index is -0.343. The molecule has 2 aromatic carbocycles. The maximum Gasteiger partial charge on any atom is 0.272 e. The van der Waals surface area contributed by atoms with Crippen molar-refractivity contribution in [2.75, 3.05) is 13.1 Å². The minimum Gasteiger partial charge on any atom is -0.337 e. The smallest absolute Gasteiger partial charge is 0.272 e. The van der Waals surface area contributed by atoms with Crippen molar-refractivity contribution >= 4 is 5.91 Å². The van der Waals surface area contributed by atoms with Crippen molar-refractivity contribution in [3.63, 3.8) is 0 Å². The molecule has 1 fully saturated rings. The van der Waals surface area contributed by atoms with Crippen LogP contribution in [0.1, 0.15) is 40.9 Å². The Morgan fingerprint density at radius 2 is 1.75 bits per heavy atom. The molecule has 0 bridgehead atoms. The van der Waals surface area contributed by atoms with E-state index in [4.69, 9.17) is 0 Å². The predicted octanol–water partition coefficient (Wildman–Crippen LogP) is 4.92. The molecule has 4 nitrogen and oxygen atoms in total. The Labute approximate surface area is 164 Å². The molecular formula is C23H24FN3O. The van der Waals surface area contributed by atoms with Crippen molar-refractivity contribution in [2.45, 2.75) is 33.1 Å². The van der Waals surface area contributed by atoms with Gasteiger partial charge in [0, 0.05) is 18.7 Å². The first-order valence-electron chi connectivity index (χ1n) is 9.76. The van der Waals surface area contributed by atoms with Crippen LogP contribution < -0.4 is 0 Å². The molecule has 3 aromatic rings. The molecule has 1 saturated heterocycles. The number of halogens is 1. The van der Waals surface area contributed by atoms with Crippen LogP contribution in [0.3, 0.4) is 0 Å². The van der Waals surface area contributed by atoms with E-state index < -0.39 is 0 Å². The average molecular weight is 377 g/mol. The van der Waals surface area contributed by atoms with Crippen molar-refractivity contribution in [3.8, 4) is 16.9 Å². The Balaban J connectivity index is 1.86. The van der Waals surface area contributed by atoms with Gasteiger partial charge in [0.25, 0.3) is 5.91 Å². The third-order valence-corrected chi connectivity index (χ3v) is 5.31. The minimum absolute atomic E-state index is 0.0457. The standard InChI is InChI=1S/C23H24FN3O/c1-16-10-11-17(2)21(14-16)27-22(23(28)26-12-6-3-7-13-26)15-20(25-27)18-8-4-5-9-19(18)24/h4-5,8-11,14-15H,3,6-7,12-13H2,1-2H3. The van der Waals surface area contributed by atoms with Crippen LogP contribution in [-0.4, -0.2) is 33.7 Å². The highest BCUT2D eigenvalue weighted by atomic mass is 19.1. The summed E-state index contributed by atoms with van der Waals surface area (Å²) in [6.07, 6.45) is 3.19. The molecule has 1 amide bonds. The van der Waals surface area contributed by atoms with E-state index in [0.717, 1.165) is 49.2 Å². The molecule has 4 rings (SSSR count). The lowest BCUT2D eigenvalue weighted by molar-refractivity contribution is 0.0715. The molecule has 0 saturated carbocycles. The number of rotatable bonds is 3. The normalized spacial score (nSPS) is 14.3. The molecule has 144 valence electrons. The van der Waals surface area contributed by atoms with Gasteiger partial charge < -0.3 is 4.90 Å². The van der Waals surface area contributed by atoms with Crippen LogP contribution in [0.15, 0.2) is 48.5 Å². The van der Waals surface area contributed by atoms with Gasteiger partial charge >= 0.3 is 0 Å². The fraction of sp³-hybridized carbons (Fsp3) is 0.304. The molecule has 1 aliphatic rings. The van der Waals surface area contributed by atoms with E-state index in [9.17, 15) is 9.18 Å². The van der Waals surface area contributed by atoms with E-state index >= 15 is 0 Å². The van der Waals surface area contributed by atoms with Crippen LogP contribution in [0, 0.1) is 19.7 Å². The Morgan fingerprint density at radius 1 is 1.00 bits per heavy atom. The number of aryl methyl sites for hydroxylation is 2. The lowest BCUT2D eigenvalue weighted by atomic mass is 10.1. The number of aromatic nitrogens is 2. The summed E-state index contributed by atoms with van der Waals surface area (Å²) in [4.78, 5) is 15.2. The first kappa shape index (κ1) is 18.4. The zero-order valence-electron chi connectivity index (χ0n) is 16.3. The van der Waals surface area contributed by atoms with E-state index in [1.54, 1.807) is 28.9 Å². The zero-order valence-corrected chi connectivity index (χ0v) is 16.3. The van der Waals surface area contributed by atoms with Crippen LogP contribution in [0.25, 0.3) is 16.9 Å². The Bertz CT molecular complexity index is 1020. The van der Waals surface area contributed by atoms with E-state index in [0.29, 0.717) is 17.0 Å². The molecule has 0 unspecified atom stereocenters. The predicted molar refractivity (Wildman–Crippen MR) is 108 cm³/mol. The van der Waals surface area contributed by atoms with Gasteiger partial charge in [0.15, 0.2) is 0 Å². The first-order chi connectivity index (χ1) is 13.5. The molecular weight excluding hydrogens is 353 g/mol. The largest absolute Gasteiger partial charge is 0.337 e. The molecule has 0 atom stereocenters. The first-order valence-corrected chi connectivity index (χ1v) is 9.76. The quantitative estimate of drug-likeness (QED) is 0.650. The Morgan fingerprint density at radius 3 is 2.50 bits per heavy atom. The summed E-state index contributed by atoms with van der Waals surface area (Å²) >= 11 is 0. The van der Waals surface area contributed by atoms with Crippen molar-refractivity contribution in [3.05, 3.63) is 71.2 Å². The topological polar surface area (TPSA) is 38.1 Å². The molecule has 2 heterocycles. The fourth-order valence-corrected chi connectivity index (χ4v) is 3.72. The van der Waals surface area contributed by atoms with Crippen molar-refractivity contribution < 1.29 is 9.18 Å². The lowest BCUT2D eigenvalue weighted by Crippen LogP contribution is -2.36. The summed E-state index contributed by atoms with van der Waals surface area (Å²) in [6, 6.07) is 14.3. The highest BCUT2D eigenvalue weighted by Gasteiger charge is 2.25. The third kappa shape index (κ3) is 3.44. The van der Waals surface area contributed by atoms with Crippen molar-refractivity contribution in [1.82, 2.24) is 14.7 Å². The van der Waals surface area contributed by atoms with E-state index in [2.05, 4.69) is 5.10 Å². The maximum atomic E-state index is 14.4. The molecule has 0 spiro atoms. The highest BCUT2D eigenvalue weighted by molar-refractivity contribution is 5.94. The fourth-order valence-electron chi connectivity index (χ4n) is 3.72. The molecule has 1 aromatic heterocycles. The summed E-state index contributed by atoms with van der Waals surface area (Å²) in [5, 5.41) is 4.66. The number of hydrogen-bond donors (Lipinski definition) is 0. The van der Waals surface area contributed by atoms with Gasteiger partial charge in [-0.25, -0.2) is 9.07 Å². The molecule has 0 aliphatic carbocycles. The van der Waals surface area contributed by atoms with E-state index in [-0.39, 0.29) is 11.7 Å². The van der Waals surface area contributed by atoms with E-state index in [1.807, 2.05) is 36.9 Å². The average Bonchev–Trinajstić information content (AvgIpc) is 3.15. The zero-order chi connectivity index (χ0) is 19.7. The van der Waals surface area contributed by atoms with Gasteiger partial charge in [-0.2, -0.15) is 5.10 Å². The van der Waals surface area contributed by atoms with Gasteiger partial charge in [0.05, 0.1) is 11.4 Å². The number of carbonyl (C=O) groups is 1. The van der Waals surface area contributed by atoms with Crippen LogP contribution in [0.4, 0.5) is 4.39 Å². The van der Waals surface area contributed by atoms with Gasteiger partial charge in [0.2, 0.25) is 0 Å². The van der Waals surface area contributed by atoms with Gasteiger partial charge in [0.1, 0.15) is 11.5 Å². The number of piperidine rings is 1. The van der Waals surface area contributed by atoms with Crippen molar-refractivity contribution in [1.29, 1.82) is 0 Å². The molecule has 5 heteroatoms. The van der Waals surface area contributed by atoms with E-state index in [1.165, 1.54) is 6.07 Å². The summed E-state index contributed by atoms with van der Waals surface area (Å²) in [7, 11) is 0. The molecule has 1 aliphatic heterocycles. The van der Waals surface area contributed by atoms with Crippen LogP contribution >= 0.6 is 0 Å². The third-order valence-electron chi connectivity index (χ3n) is 5.31. The lowest BCUT2D eigenvalue weighted by Gasteiger charge is -2.26. The second-order valence-electron chi connectivity index (χ2n) is 7.45. The number of nitrogens with zero attached hydrogens (tertiary/aromatic N) is 3. The number of hydrogen-bond acceptors (Lipinski definition) is 2.